The Hall–Kier alpha value is -1.88. The summed E-state index contributed by atoms with van der Waals surface area (Å²) >= 11 is 0. The standard InChI is InChI=1S/C16H24N2O3/c17-14(13-8-4-3-5-9-13)12-15(19)18-11-7-2-1-6-10-16(20)21/h3-5,8-9,14H,1-2,6-7,10-12,17H2,(H,18,19)(H,20,21). The SMILES string of the molecule is NC(CC(=O)NCCCCCCC(=O)O)c1ccccc1. The Morgan fingerprint density at radius 2 is 1.76 bits per heavy atom. The van der Waals surface area contributed by atoms with E-state index in [1.165, 1.54) is 0 Å². The van der Waals surface area contributed by atoms with E-state index in [1.54, 1.807) is 0 Å². The summed E-state index contributed by atoms with van der Waals surface area (Å²) < 4.78 is 0. The second kappa shape index (κ2) is 9.94. The van der Waals surface area contributed by atoms with E-state index >= 15 is 0 Å². The van der Waals surface area contributed by atoms with Crippen LogP contribution < -0.4 is 11.1 Å². The van der Waals surface area contributed by atoms with Gasteiger partial charge in [0.05, 0.1) is 0 Å². The van der Waals surface area contributed by atoms with E-state index in [4.69, 9.17) is 10.8 Å². The molecule has 4 N–H and O–H groups in total. The van der Waals surface area contributed by atoms with Crippen LogP contribution in [0.2, 0.25) is 0 Å². The molecule has 1 aromatic rings. The van der Waals surface area contributed by atoms with Crippen LogP contribution in [0.5, 0.6) is 0 Å². The number of amides is 1. The van der Waals surface area contributed by atoms with Gasteiger partial charge in [0.25, 0.3) is 0 Å². The second-order valence-corrected chi connectivity index (χ2v) is 5.13. The van der Waals surface area contributed by atoms with Gasteiger partial charge in [-0.1, -0.05) is 43.2 Å². The van der Waals surface area contributed by atoms with Gasteiger partial charge < -0.3 is 16.2 Å². The number of nitrogens with one attached hydrogen (secondary N) is 1. The van der Waals surface area contributed by atoms with Gasteiger partial charge in [-0.2, -0.15) is 0 Å². The molecule has 0 saturated carbocycles. The van der Waals surface area contributed by atoms with Crippen molar-refractivity contribution in [3.8, 4) is 0 Å². The van der Waals surface area contributed by atoms with Crippen molar-refractivity contribution < 1.29 is 14.7 Å². The summed E-state index contributed by atoms with van der Waals surface area (Å²) in [7, 11) is 0. The van der Waals surface area contributed by atoms with Gasteiger partial charge >= 0.3 is 5.97 Å². The molecule has 0 radical (unpaired) electrons. The fourth-order valence-electron chi connectivity index (χ4n) is 2.07. The van der Waals surface area contributed by atoms with Crippen molar-refractivity contribution >= 4 is 11.9 Å². The van der Waals surface area contributed by atoms with Crippen molar-refractivity contribution in [3.05, 3.63) is 35.9 Å². The minimum Gasteiger partial charge on any atom is -0.481 e. The fraction of sp³-hybridized carbons (Fsp3) is 0.500. The summed E-state index contributed by atoms with van der Waals surface area (Å²) in [5.74, 6) is -0.796. The molecule has 0 heterocycles. The van der Waals surface area contributed by atoms with Crippen LogP contribution in [0.1, 0.15) is 50.1 Å². The van der Waals surface area contributed by atoms with E-state index in [1.807, 2.05) is 30.3 Å². The highest BCUT2D eigenvalue weighted by Crippen LogP contribution is 2.12. The predicted molar refractivity (Wildman–Crippen MR) is 81.7 cm³/mol. The van der Waals surface area contributed by atoms with Crippen LogP contribution >= 0.6 is 0 Å². The molecule has 0 aliphatic carbocycles. The predicted octanol–water partition coefficient (Wildman–Crippen LogP) is 2.23. The Morgan fingerprint density at radius 3 is 2.43 bits per heavy atom. The maximum atomic E-state index is 11.7. The van der Waals surface area contributed by atoms with Crippen molar-refractivity contribution in [1.29, 1.82) is 0 Å². The molecule has 0 aromatic heterocycles. The number of benzene rings is 1. The Labute approximate surface area is 125 Å². The summed E-state index contributed by atoms with van der Waals surface area (Å²) in [6.45, 7) is 0.618. The maximum Gasteiger partial charge on any atom is 0.303 e. The highest BCUT2D eigenvalue weighted by molar-refractivity contribution is 5.76. The number of nitrogens with two attached hydrogens (primary N) is 1. The van der Waals surface area contributed by atoms with Gasteiger partial charge in [0, 0.05) is 25.4 Å². The number of carbonyl (C=O) groups is 2. The minimum absolute atomic E-state index is 0.0445. The molecule has 1 atom stereocenters. The molecule has 5 heteroatoms. The first kappa shape index (κ1) is 17.2. The fourth-order valence-corrected chi connectivity index (χ4v) is 2.07. The summed E-state index contributed by atoms with van der Waals surface area (Å²) in [5, 5.41) is 11.3. The third kappa shape index (κ3) is 8.09. The molecular weight excluding hydrogens is 268 g/mol. The van der Waals surface area contributed by atoms with Gasteiger partial charge in [0.2, 0.25) is 5.91 Å². The van der Waals surface area contributed by atoms with Crippen molar-refractivity contribution in [1.82, 2.24) is 5.32 Å². The van der Waals surface area contributed by atoms with Gasteiger partial charge in [-0.15, -0.1) is 0 Å². The monoisotopic (exact) mass is 292 g/mol. The number of hydrogen-bond donors (Lipinski definition) is 3. The van der Waals surface area contributed by atoms with Crippen LogP contribution in [0, 0.1) is 0 Å². The maximum absolute atomic E-state index is 11.7. The Kier molecular flexibility index (Phi) is 8.12. The first-order chi connectivity index (χ1) is 10.1. The number of hydrogen-bond acceptors (Lipinski definition) is 3. The highest BCUT2D eigenvalue weighted by atomic mass is 16.4. The van der Waals surface area contributed by atoms with E-state index < -0.39 is 5.97 Å². The first-order valence-electron chi connectivity index (χ1n) is 7.38. The van der Waals surface area contributed by atoms with Crippen LogP contribution in [-0.2, 0) is 9.59 Å². The summed E-state index contributed by atoms with van der Waals surface area (Å²) in [4.78, 5) is 22.1. The Bertz CT molecular complexity index is 434. The van der Waals surface area contributed by atoms with Crippen LogP contribution in [0.25, 0.3) is 0 Å². The van der Waals surface area contributed by atoms with E-state index in [2.05, 4.69) is 5.32 Å². The third-order valence-electron chi connectivity index (χ3n) is 3.27. The lowest BCUT2D eigenvalue weighted by molar-refractivity contribution is -0.137. The molecule has 0 aliphatic heterocycles. The summed E-state index contributed by atoms with van der Waals surface area (Å²) in [6.07, 6.45) is 3.87. The number of carbonyl (C=O) groups excluding carboxylic acids is 1. The van der Waals surface area contributed by atoms with Crippen LogP contribution in [0.15, 0.2) is 30.3 Å². The average molecular weight is 292 g/mol. The lowest BCUT2D eigenvalue weighted by Crippen LogP contribution is -2.28. The third-order valence-corrected chi connectivity index (χ3v) is 3.27. The van der Waals surface area contributed by atoms with Crippen molar-refractivity contribution in [2.24, 2.45) is 5.73 Å². The van der Waals surface area contributed by atoms with Gasteiger partial charge in [-0.25, -0.2) is 0 Å². The highest BCUT2D eigenvalue weighted by Gasteiger charge is 2.10. The van der Waals surface area contributed by atoms with Crippen LogP contribution in [0.3, 0.4) is 0 Å². The van der Waals surface area contributed by atoms with Crippen molar-refractivity contribution in [3.63, 3.8) is 0 Å². The first-order valence-corrected chi connectivity index (χ1v) is 7.38. The molecule has 1 aromatic carbocycles. The molecule has 1 rings (SSSR count). The largest absolute Gasteiger partial charge is 0.481 e. The van der Waals surface area contributed by atoms with Gasteiger partial charge in [-0.05, 0) is 18.4 Å². The van der Waals surface area contributed by atoms with E-state index in [0.717, 1.165) is 24.8 Å². The van der Waals surface area contributed by atoms with E-state index in [0.29, 0.717) is 13.0 Å². The molecule has 116 valence electrons. The van der Waals surface area contributed by atoms with Crippen LogP contribution in [-0.4, -0.2) is 23.5 Å². The molecule has 0 bridgehead atoms. The molecule has 1 amide bonds. The minimum atomic E-state index is -0.752. The van der Waals surface area contributed by atoms with Crippen LogP contribution in [0.4, 0.5) is 0 Å². The molecule has 1 unspecified atom stereocenters. The zero-order valence-electron chi connectivity index (χ0n) is 12.3. The zero-order valence-corrected chi connectivity index (χ0v) is 12.3. The number of rotatable bonds is 10. The molecule has 21 heavy (non-hydrogen) atoms. The zero-order chi connectivity index (χ0) is 15.5. The molecular formula is C16H24N2O3. The quantitative estimate of drug-likeness (QED) is 0.577. The molecule has 0 aliphatic rings. The van der Waals surface area contributed by atoms with E-state index in [9.17, 15) is 9.59 Å². The van der Waals surface area contributed by atoms with E-state index in [-0.39, 0.29) is 24.8 Å². The van der Waals surface area contributed by atoms with Gasteiger partial charge in [-0.3, -0.25) is 9.59 Å². The van der Waals surface area contributed by atoms with Crippen molar-refractivity contribution in [2.45, 2.75) is 44.6 Å². The number of unbranched alkanes of at least 4 members (excludes halogenated alkanes) is 3. The van der Waals surface area contributed by atoms with Gasteiger partial charge in [0.15, 0.2) is 0 Å². The van der Waals surface area contributed by atoms with Gasteiger partial charge in [0.1, 0.15) is 0 Å². The summed E-state index contributed by atoms with van der Waals surface area (Å²) in [6, 6.07) is 9.29. The second-order valence-electron chi connectivity index (χ2n) is 5.13. The number of carboxylic acid groups (broad SMARTS) is 1. The average Bonchev–Trinajstić information content (AvgIpc) is 2.46. The smallest absolute Gasteiger partial charge is 0.303 e. The molecule has 0 saturated heterocycles. The summed E-state index contributed by atoms with van der Waals surface area (Å²) in [5.41, 5.74) is 6.94. The number of carboxylic acids is 1. The Balaban J connectivity index is 2.07. The lowest BCUT2D eigenvalue weighted by Gasteiger charge is -2.12. The molecule has 0 fully saturated rings. The molecule has 0 spiro atoms. The van der Waals surface area contributed by atoms with Crippen molar-refractivity contribution in [2.75, 3.05) is 6.54 Å². The Morgan fingerprint density at radius 1 is 1.10 bits per heavy atom. The molecule has 5 nitrogen and oxygen atoms in total. The topological polar surface area (TPSA) is 92.4 Å². The normalized spacial score (nSPS) is 11.9. The number of aliphatic carboxylic acids is 1. The lowest BCUT2D eigenvalue weighted by atomic mass is 10.0.